The molecule has 1 atom stereocenters. The maximum atomic E-state index is 13.7. The molecule has 1 nitrogen and oxygen atoms in total. The molecular weight excluding hydrogens is 264 g/mol. The van der Waals surface area contributed by atoms with E-state index in [1.165, 1.54) is 12.1 Å². The summed E-state index contributed by atoms with van der Waals surface area (Å²) in [6.45, 7) is 2.94. The fourth-order valence-corrected chi connectivity index (χ4v) is 2.73. The van der Waals surface area contributed by atoms with Gasteiger partial charge in [-0.2, -0.15) is 11.3 Å². The van der Waals surface area contributed by atoms with Crippen molar-refractivity contribution in [3.63, 3.8) is 0 Å². The van der Waals surface area contributed by atoms with E-state index in [0.29, 0.717) is 12.0 Å². The van der Waals surface area contributed by atoms with E-state index in [1.807, 2.05) is 16.8 Å². The minimum Gasteiger partial charge on any atom is -0.310 e. The highest BCUT2D eigenvalue weighted by Crippen LogP contribution is 2.22. The molecule has 1 aromatic heterocycles. The van der Waals surface area contributed by atoms with E-state index in [0.717, 1.165) is 24.6 Å². The third kappa shape index (κ3) is 3.85. The van der Waals surface area contributed by atoms with Crippen molar-refractivity contribution < 1.29 is 8.78 Å². The molecule has 0 spiro atoms. The van der Waals surface area contributed by atoms with Crippen LogP contribution < -0.4 is 5.32 Å². The van der Waals surface area contributed by atoms with E-state index in [9.17, 15) is 8.78 Å². The third-order valence-corrected chi connectivity index (χ3v) is 3.72. The molecule has 0 saturated heterocycles. The molecule has 1 unspecified atom stereocenters. The first-order chi connectivity index (χ1) is 9.20. The highest BCUT2D eigenvalue weighted by molar-refractivity contribution is 7.07. The number of rotatable bonds is 6. The van der Waals surface area contributed by atoms with Crippen LogP contribution in [0.25, 0.3) is 0 Å². The quantitative estimate of drug-likeness (QED) is 0.832. The van der Waals surface area contributed by atoms with Crippen LogP contribution in [0.1, 0.15) is 30.5 Å². The number of hydrogen-bond acceptors (Lipinski definition) is 2. The number of halogens is 2. The Labute approximate surface area is 116 Å². The van der Waals surface area contributed by atoms with Crippen LogP contribution in [0.15, 0.2) is 35.0 Å². The van der Waals surface area contributed by atoms with Crippen LogP contribution in [0.3, 0.4) is 0 Å². The predicted octanol–water partition coefficient (Wildman–Crippen LogP) is 4.31. The Balaban J connectivity index is 2.17. The number of benzene rings is 1. The van der Waals surface area contributed by atoms with Crippen LogP contribution in [-0.4, -0.2) is 6.54 Å². The lowest BCUT2D eigenvalue weighted by molar-refractivity contribution is 0.509. The van der Waals surface area contributed by atoms with Gasteiger partial charge in [0.1, 0.15) is 11.6 Å². The molecule has 102 valence electrons. The van der Waals surface area contributed by atoms with Crippen LogP contribution in [-0.2, 0) is 6.42 Å². The first-order valence-corrected chi connectivity index (χ1v) is 7.34. The predicted molar refractivity (Wildman–Crippen MR) is 75.4 cm³/mol. The van der Waals surface area contributed by atoms with Gasteiger partial charge in [0.2, 0.25) is 0 Å². The van der Waals surface area contributed by atoms with Crippen molar-refractivity contribution in [2.24, 2.45) is 0 Å². The molecule has 1 N–H and O–H groups in total. The molecule has 19 heavy (non-hydrogen) atoms. The fourth-order valence-electron chi connectivity index (χ4n) is 2.02. The summed E-state index contributed by atoms with van der Waals surface area (Å²) in [5.74, 6) is -0.740. The molecular formula is C15H17F2NS. The van der Waals surface area contributed by atoms with Gasteiger partial charge in [0, 0.05) is 6.04 Å². The fraction of sp³-hybridized carbons (Fsp3) is 0.333. The Morgan fingerprint density at radius 2 is 2.11 bits per heavy atom. The first kappa shape index (κ1) is 14.2. The molecule has 0 saturated carbocycles. The lowest BCUT2D eigenvalue weighted by Crippen LogP contribution is -2.24. The van der Waals surface area contributed by atoms with Crippen molar-refractivity contribution in [2.45, 2.75) is 25.8 Å². The zero-order chi connectivity index (χ0) is 13.7. The van der Waals surface area contributed by atoms with Gasteiger partial charge in [-0.3, -0.25) is 0 Å². The van der Waals surface area contributed by atoms with E-state index in [4.69, 9.17) is 0 Å². The molecule has 0 amide bonds. The summed E-state index contributed by atoms with van der Waals surface area (Å²) in [7, 11) is 0. The van der Waals surface area contributed by atoms with Gasteiger partial charge < -0.3 is 5.32 Å². The van der Waals surface area contributed by atoms with Gasteiger partial charge in [-0.05, 0) is 65.5 Å². The minimum atomic E-state index is -0.393. The lowest BCUT2D eigenvalue weighted by Gasteiger charge is -2.18. The molecule has 0 aliphatic carbocycles. The monoisotopic (exact) mass is 281 g/mol. The van der Waals surface area contributed by atoms with Crippen LogP contribution >= 0.6 is 11.3 Å². The van der Waals surface area contributed by atoms with Crippen molar-refractivity contribution in [1.82, 2.24) is 5.32 Å². The van der Waals surface area contributed by atoms with Gasteiger partial charge in [0.05, 0.1) is 0 Å². The topological polar surface area (TPSA) is 12.0 Å². The highest BCUT2D eigenvalue weighted by atomic mass is 32.1. The average Bonchev–Trinajstić information content (AvgIpc) is 2.92. The summed E-state index contributed by atoms with van der Waals surface area (Å²) in [6, 6.07) is 5.67. The maximum Gasteiger partial charge on any atom is 0.126 e. The van der Waals surface area contributed by atoms with Crippen LogP contribution in [0.2, 0.25) is 0 Å². The van der Waals surface area contributed by atoms with E-state index in [2.05, 4.69) is 12.2 Å². The van der Waals surface area contributed by atoms with Gasteiger partial charge in [-0.25, -0.2) is 8.78 Å². The largest absolute Gasteiger partial charge is 0.310 e. The first-order valence-electron chi connectivity index (χ1n) is 6.40. The summed E-state index contributed by atoms with van der Waals surface area (Å²) < 4.78 is 26.9. The molecule has 0 aliphatic heterocycles. The minimum absolute atomic E-state index is 0.0301. The van der Waals surface area contributed by atoms with Crippen molar-refractivity contribution in [3.05, 3.63) is 57.8 Å². The van der Waals surface area contributed by atoms with Gasteiger partial charge in [-0.1, -0.05) is 6.92 Å². The molecule has 1 aromatic carbocycles. The van der Waals surface area contributed by atoms with Gasteiger partial charge in [0.25, 0.3) is 0 Å². The van der Waals surface area contributed by atoms with Gasteiger partial charge >= 0.3 is 0 Å². The Hall–Kier alpha value is -1.26. The zero-order valence-electron chi connectivity index (χ0n) is 10.8. The van der Waals surface area contributed by atoms with Crippen LogP contribution in [0.5, 0.6) is 0 Å². The summed E-state index contributed by atoms with van der Waals surface area (Å²) >= 11 is 1.61. The molecule has 4 heteroatoms. The summed E-state index contributed by atoms with van der Waals surface area (Å²) in [5, 5.41) is 7.43. The van der Waals surface area contributed by atoms with E-state index in [-0.39, 0.29) is 11.9 Å². The van der Waals surface area contributed by atoms with Crippen molar-refractivity contribution in [1.29, 1.82) is 0 Å². The summed E-state index contributed by atoms with van der Waals surface area (Å²) in [4.78, 5) is 0. The van der Waals surface area contributed by atoms with Crippen molar-refractivity contribution >= 4 is 11.3 Å². The maximum absolute atomic E-state index is 13.7. The average molecular weight is 281 g/mol. The second-order valence-corrected chi connectivity index (χ2v) is 5.28. The second kappa shape index (κ2) is 6.78. The molecule has 2 rings (SSSR count). The Morgan fingerprint density at radius 3 is 2.79 bits per heavy atom. The Bertz CT molecular complexity index is 511. The molecule has 0 aliphatic rings. The van der Waals surface area contributed by atoms with Crippen LogP contribution in [0, 0.1) is 11.6 Å². The molecule has 0 radical (unpaired) electrons. The second-order valence-electron chi connectivity index (χ2n) is 4.50. The SMILES string of the molecule is CCCNC(Cc1cc(F)ccc1F)c1ccsc1. The van der Waals surface area contributed by atoms with Crippen molar-refractivity contribution in [2.75, 3.05) is 6.54 Å². The van der Waals surface area contributed by atoms with Gasteiger partial charge in [0.15, 0.2) is 0 Å². The molecule has 1 heterocycles. The normalized spacial score (nSPS) is 12.6. The van der Waals surface area contributed by atoms with Gasteiger partial charge in [-0.15, -0.1) is 0 Å². The van der Waals surface area contributed by atoms with E-state index < -0.39 is 5.82 Å². The van der Waals surface area contributed by atoms with Crippen molar-refractivity contribution in [3.8, 4) is 0 Å². The Kier molecular flexibility index (Phi) is 5.05. The van der Waals surface area contributed by atoms with E-state index in [1.54, 1.807) is 11.3 Å². The Morgan fingerprint density at radius 1 is 1.26 bits per heavy atom. The van der Waals surface area contributed by atoms with E-state index >= 15 is 0 Å². The third-order valence-electron chi connectivity index (χ3n) is 3.02. The summed E-state index contributed by atoms with van der Waals surface area (Å²) in [5.41, 5.74) is 1.54. The molecule has 0 fully saturated rings. The zero-order valence-corrected chi connectivity index (χ0v) is 11.6. The highest BCUT2D eigenvalue weighted by Gasteiger charge is 2.15. The number of hydrogen-bond donors (Lipinski definition) is 1. The molecule has 0 bridgehead atoms. The lowest BCUT2D eigenvalue weighted by atomic mass is 10.0. The smallest absolute Gasteiger partial charge is 0.126 e. The molecule has 2 aromatic rings. The number of nitrogens with one attached hydrogen (secondary N) is 1. The number of thiophene rings is 1. The standard InChI is InChI=1S/C15H17F2NS/c1-2-6-18-15(11-5-7-19-10-11)9-12-8-13(16)3-4-14(12)17/h3-5,7-8,10,15,18H,2,6,9H2,1H3. The van der Waals surface area contributed by atoms with Crippen LogP contribution in [0.4, 0.5) is 8.78 Å². The summed E-state index contributed by atoms with van der Waals surface area (Å²) in [6.07, 6.45) is 1.46.